The maximum absolute atomic E-state index is 12.7. The molecule has 10 heteroatoms. The number of halogens is 3. The van der Waals surface area contributed by atoms with Crippen molar-refractivity contribution in [3.63, 3.8) is 0 Å². The number of rotatable bonds is 5. The predicted octanol–water partition coefficient (Wildman–Crippen LogP) is 2.84. The molecule has 0 unspecified atom stereocenters. The third-order valence-corrected chi connectivity index (χ3v) is 5.23. The third kappa shape index (κ3) is 6.52. The van der Waals surface area contributed by atoms with Crippen LogP contribution in [-0.4, -0.2) is 50.1 Å². The summed E-state index contributed by atoms with van der Waals surface area (Å²) in [5, 5.41) is 0. The normalized spacial score (nSPS) is 19.0. The van der Waals surface area contributed by atoms with Crippen LogP contribution < -0.4 is 4.72 Å². The summed E-state index contributed by atoms with van der Waals surface area (Å²) >= 11 is -0.233. The zero-order valence-corrected chi connectivity index (χ0v) is 15.2. The number of carbonyl (C=O) groups excluding carboxylic acids is 1. The SMILES string of the molecule is CS(=O)(=O)NC[C@@H]1CCCCN1C(=O)c1ccc(SC(F)(F)F)cc1. The molecule has 25 heavy (non-hydrogen) atoms. The summed E-state index contributed by atoms with van der Waals surface area (Å²) in [5.74, 6) is -0.302. The van der Waals surface area contributed by atoms with Crippen molar-refractivity contribution in [2.45, 2.75) is 35.7 Å². The van der Waals surface area contributed by atoms with Crippen molar-refractivity contribution in [1.29, 1.82) is 0 Å². The van der Waals surface area contributed by atoms with Gasteiger partial charge in [-0.1, -0.05) is 0 Å². The third-order valence-electron chi connectivity index (χ3n) is 3.80. The summed E-state index contributed by atoms with van der Waals surface area (Å²) in [7, 11) is -3.36. The van der Waals surface area contributed by atoms with Gasteiger partial charge in [0.15, 0.2) is 0 Å². The molecule has 0 aromatic heterocycles. The first kappa shape index (κ1) is 20.1. The molecule has 0 spiro atoms. The molecule has 1 aliphatic rings. The van der Waals surface area contributed by atoms with Gasteiger partial charge < -0.3 is 4.90 Å². The highest BCUT2D eigenvalue weighted by molar-refractivity contribution is 8.00. The molecular formula is C15H19F3N2O3S2. The Morgan fingerprint density at radius 3 is 2.48 bits per heavy atom. The second-order valence-electron chi connectivity index (χ2n) is 5.84. The predicted molar refractivity (Wildman–Crippen MR) is 89.9 cm³/mol. The van der Waals surface area contributed by atoms with Gasteiger partial charge in [0.2, 0.25) is 10.0 Å². The number of nitrogens with zero attached hydrogens (tertiary/aromatic N) is 1. The lowest BCUT2D eigenvalue weighted by Crippen LogP contribution is -2.49. The van der Waals surface area contributed by atoms with Gasteiger partial charge in [0, 0.05) is 29.6 Å². The van der Waals surface area contributed by atoms with Crippen molar-refractivity contribution >= 4 is 27.7 Å². The Hall–Kier alpha value is -1.26. The number of benzene rings is 1. The van der Waals surface area contributed by atoms with E-state index in [1.807, 2.05) is 0 Å². The second kappa shape index (κ2) is 7.96. The summed E-state index contributed by atoms with van der Waals surface area (Å²) < 4.78 is 62.0. The number of nitrogens with one attached hydrogen (secondary N) is 1. The van der Waals surface area contributed by atoms with Crippen LogP contribution >= 0.6 is 11.8 Å². The fourth-order valence-corrected chi connectivity index (χ4v) is 3.73. The maximum atomic E-state index is 12.7. The number of amides is 1. The highest BCUT2D eigenvalue weighted by Gasteiger charge is 2.30. The standard InChI is InChI=1S/C15H19F3N2O3S2/c1-25(22,23)19-10-12-4-2-3-9-20(12)14(21)11-5-7-13(8-6-11)24-15(16,17)18/h5-8,12,19H,2-4,9-10H2,1H3/t12-/m0/s1. The smallest absolute Gasteiger partial charge is 0.334 e. The Balaban J connectivity index is 2.08. The van der Waals surface area contributed by atoms with Gasteiger partial charge in [-0.3, -0.25) is 4.79 Å². The average molecular weight is 396 g/mol. The van der Waals surface area contributed by atoms with Crippen LogP contribution in [0.2, 0.25) is 0 Å². The van der Waals surface area contributed by atoms with Crippen molar-refractivity contribution in [3.8, 4) is 0 Å². The van der Waals surface area contributed by atoms with Crippen molar-refractivity contribution < 1.29 is 26.4 Å². The van der Waals surface area contributed by atoms with Crippen molar-refractivity contribution in [3.05, 3.63) is 29.8 Å². The zero-order chi connectivity index (χ0) is 18.7. The van der Waals surface area contributed by atoms with Gasteiger partial charge in [-0.25, -0.2) is 13.1 Å². The van der Waals surface area contributed by atoms with E-state index in [1.54, 1.807) is 4.90 Å². The van der Waals surface area contributed by atoms with Gasteiger partial charge in [0.1, 0.15) is 0 Å². The summed E-state index contributed by atoms with van der Waals surface area (Å²) in [6.07, 6.45) is 3.43. The molecule has 1 N–H and O–H groups in total. The highest BCUT2D eigenvalue weighted by Crippen LogP contribution is 2.36. The van der Waals surface area contributed by atoms with E-state index < -0.39 is 15.5 Å². The molecule has 1 aromatic carbocycles. The molecule has 1 fully saturated rings. The van der Waals surface area contributed by atoms with E-state index in [1.165, 1.54) is 24.3 Å². The Kier molecular flexibility index (Phi) is 6.39. The summed E-state index contributed by atoms with van der Waals surface area (Å²) in [4.78, 5) is 14.3. The summed E-state index contributed by atoms with van der Waals surface area (Å²) in [6, 6.07) is 5.00. The molecule has 1 amide bonds. The second-order valence-corrected chi connectivity index (χ2v) is 8.81. The molecule has 0 radical (unpaired) electrons. The zero-order valence-electron chi connectivity index (χ0n) is 13.5. The van der Waals surface area contributed by atoms with Crippen LogP contribution in [-0.2, 0) is 10.0 Å². The first-order chi connectivity index (χ1) is 11.6. The van der Waals surface area contributed by atoms with Gasteiger partial charge >= 0.3 is 5.51 Å². The highest BCUT2D eigenvalue weighted by atomic mass is 32.2. The molecule has 5 nitrogen and oxygen atoms in total. The minimum Gasteiger partial charge on any atom is -0.334 e. The molecule has 0 bridgehead atoms. The van der Waals surface area contributed by atoms with E-state index in [4.69, 9.17) is 0 Å². The van der Waals surface area contributed by atoms with Gasteiger partial charge in [0.05, 0.1) is 6.26 Å². The van der Waals surface area contributed by atoms with Crippen LogP contribution in [0.25, 0.3) is 0 Å². The Bertz CT molecular complexity index is 706. The van der Waals surface area contributed by atoms with Crippen LogP contribution in [0.3, 0.4) is 0 Å². The van der Waals surface area contributed by atoms with Gasteiger partial charge in [0.25, 0.3) is 5.91 Å². The minimum atomic E-state index is -4.37. The van der Waals surface area contributed by atoms with Crippen LogP contribution in [0.1, 0.15) is 29.6 Å². The number of sulfonamides is 1. The fourth-order valence-electron chi connectivity index (χ4n) is 2.69. The lowest BCUT2D eigenvalue weighted by atomic mass is 10.0. The minimum absolute atomic E-state index is 0.0120. The number of likely N-dealkylation sites (tertiary alicyclic amines) is 1. The van der Waals surface area contributed by atoms with Gasteiger partial charge in [-0.2, -0.15) is 13.2 Å². The van der Waals surface area contributed by atoms with E-state index in [9.17, 15) is 26.4 Å². The largest absolute Gasteiger partial charge is 0.446 e. The number of piperidine rings is 1. The lowest BCUT2D eigenvalue weighted by Gasteiger charge is -2.35. The van der Waals surface area contributed by atoms with E-state index in [0.29, 0.717) is 13.0 Å². The Morgan fingerprint density at radius 2 is 1.92 bits per heavy atom. The molecule has 1 heterocycles. The molecule has 1 aromatic rings. The number of hydrogen-bond donors (Lipinski definition) is 1. The first-order valence-electron chi connectivity index (χ1n) is 7.66. The van der Waals surface area contributed by atoms with E-state index >= 15 is 0 Å². The maximum Gasteiger partial charge on any atom is 0.446 e. The number of carbonyl (C=O) groups is 1. The van der Waals surface area contributed by atoms with Gasteiger partial charge in [-0.05, 0) is 55.3 Å². The average Bonchev–Trinajstić information content (AvgIpc) is 2.51. The molecule has 1 saturated heterocycles. The Morgan fingerprint density at radius 1 is 1.28 bits per heavy atom. The monoisotopic (exact) mass is 396 g/mol. The molecule has 0 saturated carbocycles. The molecule has 2 rings (SSSR count). The van der Waals surface area contributed by atoms with Crippen LogP contribution in [0.5, 0.6) is 0 Å². The van der Waals surface area contributed by atoms with Crippen molar-refractivity contribution in [1.82, 2.24) is 9.62 Å². The molecule has 140 valence electrons. The van der Waals surface area contributed by atoms with Crippen LogP contribution in [0.4, 0.5) is 13.2 Å². The number of thioether (sulfide) groups is 1. The van der Waals surface area contributed by atoms with E-state index in [0.717, 1.165) is 19.1 Å². The Labute approximate surface area is 149 Å². The molecule has 1 aliphatic heterocycles. The number of alkyl halides is 3. The van der Waals surface area contributed by atoms with Crippen LogP contribution in [0, 0.1) is 0 Å². The summed E-state index contributed by atoms with van der Waals surface area (Å²) in [5.41, 5.74) is -4.08. The molecule has 0 aliphatic carbocycles. The number of hydrogen-bond acceptors (Lipinski definition) is 4. The molecular weight excluding hydrogens is 377 g/mol. The lowest BCUT2D eigenvalue weighted by molar-refractivity contribution is -0.0328. The van der Waals surface area contributed by atoms with Gasteiger partial charge in [-0.15, -0.1) is 0 Å². The topological polar surface area (TPSA) is 66.5 Å². The quantitative estimate of drug-likeness (QED) is 0.778. The van der Waals surface area contributed by atoms with Crippen LogP contribution in [0.15, 0.2) is 29.2 Å². The molecule has 1 atom stereocenters. The summed E-state index contributed by atoms with van der Waals surface area (Å²) in [6.45, 7) is 0.626. The van der Waals surface area contributed by atoms with Crippen molar-refractivity contribution in [2.75, 3.05) is 19.3 Å². The first-order valence-corrected chi connectivity index (χ1v) is 10.4. The fraction of sp³-hybridized carbons (Fsp3) is 0.533. The van der Waals surface area contributed by atoms with E-state index in [-0.39, 0.29) is 40.7 Å². The van der Waals surface area contributed by atoms with Crippen molar-refractivity contribution in [2.24, 2.45) is 0 Å². The van der Waals surface area contributed by atoms with E-state index in [2.05, 4.69) is 4.72 Å².